The first-order valence-corrected chi connectivity index (χ1v) is 4.43. The van der Waals surface area contributed by atoms with Crippen LogP contribution in [0.3, 0.4) is 0 Å². The van der Waals surface area contributed by atoms with Crippen LogP contribution in [-0.4, -0.2) is 16.2 Å². The first kappa shape index (κ1) is 10.5. The number of nitrogens with zero attached hydrogens (tertiary/aromatic N) is 1. The fourth-order valence-corrected chi connectivity index (χ4v) is 1.68. The number of halogens is 1. The van der Waals surface area contributed by atoms with Gasteiger partial charge in [-0.2, -0.15) is 5.26 Å². The molecule has 1 aromatic rings. The molecule has 2 N–H and O–H groups in total. The van der Waals surface area contributed by atoms with Gasteiger partial charge in [0, 0.05) is 10.0 Å². The molecule has 4 nitrogen and oxygen atoms in total. The summed E-state index contributed by atoms with van der Waals surface area (Å²) in [4.78, 5) is 10.7. The van der Waals surface area contributed by atoms with E-state index < -0.39 is 5.97 Å². The molecule has 1 rings (SSSR count). The molecule has 0 fully saturated rings. The van der Waals surface area contributed by atoms with Crippen LogP contribution in [0.25, 0.3) is 0 Å². The Balaban J connectivity index is 3.58. The molecule has 0 heterocycles. The highest BCUT2D eigenvalue weighted by Gasteiger charge is 2.17. The summed E-state index contributed by atoms with van der Waals surface area (Å²) in [7, 11) is 0. The van der Waals surface area contributed by atoms with Crippen LogP contribution in [0, 0.1) is 18.3 Å². The number of phenols is 1. The van der Waals surface area contributed by atoms with Gasteiger partial charge in [-0.1, -0.05) is 0 Å². The number of carboxylic acid groups (broad SMARTS) is 1. The molecule has 0 aliphatic rings. The van der Waals surface area contributed by atoms with E-state index >= 15 is 0 Å². The first-order chi connectivity index (χ1) is 6.49. The van der Waals surface area contributed by atoms with Crippen molar-refractivity contribution < 1.29 is 15.0 Å². The summed E-state index contributed by atoms with van der Waals surface area (Å²) >= 11 is 3.06. The summed E-state index contributed by atoms with van der Waals surface area (Å²) < 4.78 is 0.368. The second-order valence-electron chi connectivity index (χ2n) is 2.67. The van der Waals surface area contributed by atoms with Gasteiger partial charge in [-0.25, -0.2) is 4.79 Å². The number of hydrogen-bond donors (Lipinski definition) is 2. The maximum Gasteiger partial charge on any atom is 0.339 e. The average molecular weight is 256 g/mol. The maximum atomic E-state index is 10.7. The molecule has 0 aliphatic heterocycles. The largest absolute Gasteiger partial charge is 0.507 e. The predicted molar refractivity (Wildman–Crippen MR) is 52.2 cm³/mol. The Morgan fingerprint density at radius 2 is 2.21 bits per heavy atom. The Morgan fingerprint density at radius 1 is 1.64 bits per heavy atom. The summed E-state index contributed by atoms with van der Waals surface area (Å²) in [6.07, 6.45) is 0. The van der Waals surface area contributed by atoms with Crippen LogP contribution in [0.15, 0.2) is 10.5 Å². The van der Waals surface area contributed by atoms with E-state index in [2.05, 4.69) is 15.9 Å². The van der Waals surface area contributed by atoms with Crippen molar-refractivity contribution in [3.63, 3.8) is 0 Å². The second kappa shape index (κ2) is 3.68. The molecule has 0 radical (unpaired) electrons. The van der Waals surface area contributed by atoms with Crippen LogP contribution in [0.2, 0.25) is 0 Å². The molecular formula is C9H6BrNO3. The van der Waals surface area contributed by atoms with Crippen LogP contribution in [0.4, 0.5) is 0 Å². The third kappa shape index (κ3) is 1.56. The topological polar surface area (TPSA) is 81.3 Å². The third-order valence-corrected chi connectivity index (χ3v) is 2.46. The highest BCUT2D eigenvalue weighted by molar-refractivity contribution is 9.10. The predicted octanol–water partition coefficient (Wildman–Crippen LogP) is 2.03. The molecule has 1 aromatic carbocycles. The minimum Gasteiger partial charge on any atom is -0.507 e. The number of nitriles is 1. The van der Waals surface area contributed by atoms with Crippen molar-refractivity contribution in [3.8, 4) is 11.8 Å². The quantitative estimate of drug-likeness (QED) is 0.805. The molecular weight excluding hydrogens is 250 g/mol. The minimum absolute atomic E-state index is 0.214. The van der Waals surface area contributed by atoms with Crippen LogP contribution in [-0.2, 0) is 0 Å². The second-order valence-corrected chi connectivity index (χ2v) is 3.53. The van der Waals surface area contributed by atoms with Crippen LogP contribution in [0.5, 0.6) is 5.75 Å². The number of aromatic carboxylic acids is 1. The summed E-state index contributed by atoms with van der Waals surface area (Å²) in [5.74, 6) is -1.59. The van der Waals surface area contributed by atoms with Gasteiger partial charge in [0.2, 0.25) is 0 Å². The van der Waals surface area contributed by atoms with Gasteiger partial charge in [-0.3, -0.25) is 0 Å². The SMILES string of the molecule is Cc1c(O)c(C(=O)O)cc(Br)c1C#N. The molecule has 14 heavy (non-hydrogen) atoms. The lowest BCUT2D eigenvalue weighted by atomic mass is 10.0. The van der Waals surface area contributed by atoms with E-state index in [0.717, 1.165) is 0 Å². The molecule has 5 heteroatoms. The van der Waals surface area contributed by atoms with Gasteiger partial charge in [-0.15, -0.1) is 0 Å². The number of carbonyl (C=O) groups is 1. The van der Waals surface area contributed by atoms with Crippen molar-refractivity contribution in [2.45, 2.75) is 6.92 Å². The Bertz CT molecular complexity index is 448. The maximum absolute atomic E-state index is 10.7. The zero-order valence-electron chi connectivity index (χ0n) is 7.21. The van der Waals surface area contributed by atoms with E-state index in [9.17, 15) is 9.90 Å². The summed E-state index contributed by atoms with van der Waals surface area (Å²) in [6, 6.07) is 3.08. The van der Waals surface area contributed by atoms with Gasteiger partial charge in [0.1, 0.15) is 17.4 Å². The molecule has 0 aromatic heterocycles. The highest BCUT2D eigenvalue weighted by atomic mass is 79.9. The zero-order chi connectivity index (χ0) is 10.9. The van der Waals surface area contributed by atoms with E-state index in [0.29, 0.717) is 4.47 Å². The van der Waals surface area contributed by atoms with Crippen molar-refractivity contribution in [3.05, 3.63) is 27.2 Å². The highest BCUT2D eigenvalue weighted by Crippen LogP contribution is 2.31. The van der Waals surface area contributed by atoms with Crippen LogP contribution < -0.4 is 0 Å². The van der Waals surface area contributed by atoms with Crippen molar-refractivity contribution in [2.75, 3.05) is 0 Å². The van der Waals surface area contributed by atoms with Gasteiger partial charge < -0.3 is 10.2 Å². The molecule has 0 amide bonds. The van der Waals surface area contributed by atoms with Gasteiger partial charge >= 0.3 is 5.97 Å². The van der Waals surface area contributed by atoms with E-state index in [1.807, 2.05) is 6.07 Å². The molecule has 0 unspecified atom stereocenters. The number of carboxylic acids is 1. The molecule has 0 saturated heterocycles. The van der Waals surface area contributed by atoms with Crippen LogP contribution >= 0.6 is 15.9 Å². The van der Waals surface area contributed by atoms with E-state index in [-0.39, 0.29) is 22.4 Å². The average Bonchev–Trinajstić information content (AvgIpc) is 2.12. The molecule has 0 atom stereocenters. The van der Waals surface area contributed by atoms with Crippen LogP contribution in [0.1, 0.15) is 21.5 Å². The van der Waals surface area contributed by atoms with Gasteiger partial charge in [0.15, 0.2) is 0 Å². The molecule has 0 bridgehead atoms. The van der Waals surface area contributed by atoms with Gasteiger partial charge in [0.25, 0.3) is 0 Å². The van der Waals surface area contributed by atoms with E-state index in [4.69, 9.17) is 10.4 Å². The third-order valence-electron chi connectivity index (χ3n) is 1.84. The summed E-state index contributed by atoms with van der Waals surface area (Å²) in [5.41, 5.74) is 0.292. The number of hydrogen-bond acceptors (Lipinski definition) is 3. The normalized spacial score (nSPS) is 9.50. The first-order valence-electron chi connectivity index (χ1n) is 3.64. The Hall–Kier alpha value is -1.54. The minimum atomic E-state index is -1.23. The fourth-order valence-electron chi connectivity index (χ4n) is 1.07. The van der Waals surface area contributed by atoms with Gasteiger partial charge in [-0.05, 0) is 28.9 Å². The van der Waals surface area contributed by atoms with E-state index in [1.54, 1.807) is 0 Å². The van der Waals surface area contributed by atoms with Crippen molar-refractivity contribution >= 4 is 21.9 Å². The zero-order valence-corrected chi connectivity index (χ0v) is 8.79. The van der Waals surface area contributed by atoms with Crippen molar-refractivity contribution in [1.29, 1.82) is 5.26 Å². The molecule has 72 valence electrons. The lowest BCUT2D eigenvalue weighted by Gasteiger charge is -2.06. The molecule has 0 saturated carbocycles. The monoisotopic (exact) mass is 255 g/mol. The summed E-state index contributed by atoms with van der Waals surface area (Å²) in [5, 5.41) is 26.9. The number of aromatic hydroxyl groups is 1. The number of benzene rings is 1. The lowest BCUT2D eigenvalue weighted by Crippen LogP contribution is -2.00. The molecule has 0 aliphatic carbocycles. The number of rotatable bonds is 1. The van der Waals surface area contributed by atoms with E-state index in [1.165, 1.54) is 13.0 Å². The Morgan fingerprint density at radius 3 is 2.64 bits per heavy atom. The van der Waals surface area contributed by atoms with Gasteiger partial charge in [0.05, 0.1) is 5.56 Å². The standard InChI is InChI=1S/C9H6BrNO3/c1-4-6(3-11)7(10)2-5(8(4)12)9(13)14/h2,12H,1H3,(H,13,14). The van der Waals surface area contributed by atoms with Crippen molar-refractivity contribution in [1.82, 2.24) is 0 Å². The summed E-state index contributed by atoms with van der Waals surface area (Å²) in [6.45, 7) is 1.49. The Kier molecular flexibility index (Phi) is 2.77. The smallest absolute Gasteiger partial charge is 0.339 e. The lowest BCUT2D eigenvalue weighted by molar-refractivity contribution is 0.0693. The Labute approximate surface area is 88.5 Å². The van der Waals surface area contributed by atoms with Crippen molar-refractivity contribution in [2.24, 2.45) is 0 Å². The fraction of sp³-hybridized carbons (Fsp3) is 0.111. The molecule has 0 spiro atoms.